The third-order valence-electron chi connectivity index (χ3n) is 2.77. The SMILES string of the molecule is CNCCNC(=O)c1csc(-c2ccccc2C)n1.Cl. The monoisotopic (exact) mass is 311 g/mol. The van der Waals surface area contributed by atoms with Gasteiger partial charge in [0.05, 0.1) is 0 Å². The first kappa shape index (κ1) is 16.6. The van der Waals surface area contributed by atoms with Gasteiger partial charge < -0.3 is 10.6 Å². The summed E-state index contributed by atoms with van der Waals surface area (Å²) in [6.45, 7) is 3.40. The first-order valence-electron chi connectivity index (χ1n) is 6.16. The van der Waals surface area contributed by atoms with Crippen LogP contribution in [-0.4, -0.2) is 31.0 Å². The minimum absolute atomic E-state index is 0. The van der Waals surface area contributed by atoms with E-state index in [-0.39, 0.29) is 18.3 Å². The number of nitrogens with one attached hydrogen (secondary N) is 2. The fourth-order valence-electron chi connectivity index (χ4n) is 1.71. The van der Waals surface area contributed by atoms with Crippen molar-refractivity contribution < 1.29 is 4.79 Å². The van der Waals surface area contributed by atoms with E-state index in [0.29, 0.717) is 12.2 Å². The Bertz CT molecular complexity index is 571. The Balaban J connectivity index is 0.00000200. The van der Waals surface area contributed by atoms with Crippen LogP contribution in [0, 0.1) is 6.92 Å². The lowest BCUT2D eigenvalue weighted by Gasteiger charge is -2.02. The Labute approximate surface area is 129 Å². The lowest BCUT2D eigenvalue weighted by Crippen LogP contribution is -2.30. The Morgan fingerprint density at radius 3 is 2.75 bits per heavy atom. The van der Waals surface area contributed by atoms with E-state index in [0.717, 1.165) is 17.1 Å². The fourth-order valence-corrected chi connectivity index (χ4v) is 2.60. The number of halogens is 1. The van der Waals surface area contributed by atoms with E-state index in [2.05, 4.69) is 15.6 Å². The molecule has 108 valence electrons. The molecule has 0 aliphatic rings. The van der Waals surface area contributed by atoms with Crippen molar-refractivity contribution in [3.63, 3.8) is 0 Å². The smallest absolute Gasteiger partial charge is 0.270 e. The Kier molecular flexibility index (Phi) is 6.64. The summed E-state index contributed by atoms with van der Waals surface area (Å²) in [4.78, 5) is 16.3. The molecule has 0 atom stereocenters. The maximum atomic E-state index is 11.9. The van der Waals surface area contributed by atoms with Gasteiger partial charge in [-0.25, -0.2) is 4.98 Å². The van der Waals surface area contributed by atoms with Crippen LogP contribution in [0.25, 0.3) is 10.6 Å². The van der Waals surface area contributed by atoms with Crippen LogP contribution >= 0.6 is 23.7 Å². The minimum Gasteiger partial charge on any atom is -0.349 e. The van der Waals surface area contributed by atoms with Gasteiger partial charge in [-0.1, -0.05) is 24.3 Å². The van der Waals surface area contributed by atoms with E-state index in [1.54, 1.807) is 5.38 Å². The Morgan fingerprint density at radius 1 is 1.30 bits per heavy atom. The van der Waals surface area contributed by atoms with Crippen molar-refractivity contribution in [1.29, 1.82) is 0 Å². The predicted octanol–water partition coefficient (Wildman–Crippen LogP) is 2.49. The Morgan fingerprint density at radius 2 is 2.05 bits per heavy atom. The normalized spacial score (nSPS) is 9.90. The maximum absolute atomic E-state index is 11.9. The van der Waals surface area contributed by atoms with Crippen molar-refractivity contribution in [3.05, 3.63) is 40.9 Å². The molecule has 0 fully saturated rings. The van der Waals surface area contributed by atoms with Gasteiger partial charge in [-0.05, 0) is 19.5 Å². The van der Waals surface area contributed by atoms with Gasteiger partial charge >= 0.3 is 0 Å². The summed E-state index contributed by atoms with van der Waals surface area (Å²) < 4.78 is 0. The number of nitrogens with zero attached hydrogens (tertiary/aromatic N) is 1. The van der Waals surface area contributed by atoms with Gasteiger partial charge in [0.15, 0.2) is 0 Å². The largest absolute Gasteiger partial charge is 0.349 e. The molecule has 0 aliphatic carbocycles. The third kappa shape index (κ3) is 4.03. The Hall–Kier alpha value is -1.43. The number of carbonyl (C=O) groups excluding carboxylic acids is 1. The number of amides is 1. The van der Waals surface area contributed by atoms with Crippen molar-refractivity contribution in [3.8, 4) is 10.6 Å². The average molecular weight is 312 g/mol. The molecule has 2 N–H and O–H groups in total. The molecule has 1 aromatic heterocycles. The number of hydrogen-bond donors (Lipinski definition) is 2. The number of likely N-dealkylation sites (N-methyl/N-ethyl adjacent to an activating group) is 1. The van der Waals surface area contributed by atoms with Gasteiger partial charge in [-0.2, -0.15) is 0 Å². The summed E-state index contributed by atoms with van der Waals surface area (Å²) in [6, 6.07) is 8.05. The number of benzene rings is 1. The van der Waals surface area contributed by atoms with Crippen LogP contribution in [-0.2, 0) is 0 Å². The summed E-state index contributed by atoms with van der Waals surface area (Å²) in [6.07, 6.45) is 0. The first-order valence-corrected chi connectivity index (χ1v) is 7.04. The van der Waals surface area contributed by atoms with Gasteiger partial charge in [-0.3, -0.25) is 4.79 Å². The van der Waals surface area contributed by atoms with Crippen molar-refractivity contribution in [1.82, 2.24) is 15.6 Å². The molecule has 0 radical (unpaired) electrons. The number of carbonyl (C=O) groups is 1. The number of rotatable bonds is 5. The summed E-state index contributed by atoms with van der Waals surface area (Å²) in [5, 5.41) is 8.49. The molecule has 0 unspecified atom stereocenters. The average Bonchev–Trinajstić information content (AvgIpc) is 2.89. The highest BCUT2D eigenvalue weighted by Gasteiger charge is 2.12. The molecule has 0 aliphatic heterocycles. The first-order chi connectivity index (χ1) is 9.22. The number of aromatic nitrogens is 1. The molecule has 20 heavy (non-hydrogen) atoms. The van der Waals surface area contributed by atoms with Crippen LogP contribution in [0.3, 0.4) is 0 Å². The molecule has 1 amide bonds. The van der Waals surface area contributed by atoms with E-state index < -0.39 is 0 Å². The molecule has 0 bridgehead atoms. The summed E-state index contributed by atoms with van der Waals surface area (Å²) in [5.74, 6) is -0.119. The third-order valence-corrected chi connectivity index (χ3v) is 3.65. The van der Waals surface area contributed by atoms with Crippen molar-refractivity contribution in [2.24, 2.45) is 0 Å². The molecule has 0 spiro atoms. The molecule has 1 heterocycles. The molecule has 1 aromatic carbocycles. The predicted molar refractivity (Wildman–Crippen MR) is 85.8 cm³/mol. The van der Waals surface area contributed by atoms with Crippen LogP contribution in [0.1, 0.15) is 16.1 Å². The van der Waals surface area contributed by atoms with Crippen LogP contribution in [0.15, 0.2) is 29.6 Å². The highest BCUT2D eigenvalue weighted by Crippen LogP contribution is 2.26. The van der Waals surface area contributed by atoms with Crippen LogP contribution in [0.2, 0.25) is 0 Å². The molecule has 2 aromatic rings. The maximum Gasteiger partial charge on any atom is 0.270 e. The number of aryl methyl sites for hydroxylation is 1. The zero-order chi connectivity index (χ0) is 13.7. The molecular formula is C14H18ClN3OS. The highest BCUT2D eigenvalue weighted by molar-refractivity contribution is 7.13. The quantitative estimate of drug-likeness (QED) is 0.834. The van der Waals surface area contributed by atoms with Gasteiger partial charge in [0.1, 0.15) is 10.7 Å². The zero-order valence-corrected chi connectivity index (χ0v) is 13.1. The molecule has 2 rings (SSSR count). The number of hydrogen-bond acceptors (Lipinski definition) is 4. The topological polar surface area (TPSA) is 54.0 Å². The van der Waals surface area contributed by atoms with Crippen molar-refractivity contribution in [2.45, 2.75) is 6.92 Å². The van der Waals surface area contributed by atoms with Crippen LogP contribution < -0.4 is 10.6 Å². The second-order valence-electron chi connectivity index (χ2n) is 4.21. The van der Waals surface area contributed by atoms with E-state index in [9.17, 15) is 4.79 Å². The summed E-state index contributed by atoms with van der Waals surface area (Å²) in [7, 11) is 1.85. The summed E-state index contributed by atoms with van der Waals surface area (Å²) >= 11 is 1.50. The second-order valence-corrected chi connectivity index (χ2v) is 5.07. The molecular weight excluding hydrogens is 294 g/mol. The van der Waals surface area contributed by atoms with E-state index in [1.165, 1.54) is 16.9 Å². The number of thiazole rings is 1. The molecule has 0 saturated heterocycles. The van der Waals surface area contributed by atoms with Crippen LogP contribution in [0.4, 0.5) is 0 Å². The molecule has 4 nitrogen and oxygen atoms in total. The van der Waals surface area contributed by atoms with E-state index >= 15 is 0 Å². The van der Waals surface area contributed by atoms with Crippen LogP contribution in [0.5, 0.6) is 0 Å². The van der Waals surface area contributed by atoms with Gasteiger partial charge in [-0.15, -0.1) is 23.7 Å². The van der Waals surface area contributed by atoms with Crippen molar-refractivity contribution in [2.75, 3.05) is 20.1 Å². The van der Waals surface area contributed by atoms with Gasteiger partial charge in [0.2, 0.25) is 0 Å². The molecule has 0 saturated carbocycles. The lowest BCUT2D eigenvalue weighted by molar-refractivity contribution is 0.0950. The minimum atomic E-state index is -0.119. The molecule has 6 heteroatoms. The summed E-state index contributed by atoms with van der Waals surface area (Å²) in [5.41, 5.74) is 2.74. The van der Waals surface area contributed by atoms with Gasteiger partial charge in [0.25, 0.3) is 5.91 Å². The van der Waals surface area contributed by atoms with Gasteiger partial charge in [0, 0.05) is 24.0 Å². The highest BCUT2D eigenvalue weighted by atomic mass is 35.5. The zero-order valence-electron chi connectivity index (χ0n) is 11.5. The van der Waals surface area contributed by atoms with E-state index in [4.69, 9.17) is 0 Å². The fraction of sp³-hybridized carbons (Fsp3) is 0.286. The standard InChI is InChI=1S/C14H17N3OS.ClH/c1-10-5-3-4-6-11(10)14-17-12(9-19-14)13(18)16-8-7-15-2;/h3-6,9,15H,7-8H2,1-2H3,(H,16,18);1H. The lowest BCUT2D eigenvalue weighted by atomic mass is 10.1. The van der Waals surface area contributed by atoms with E-state index in [1.807, 2.05) is 38.2 Å². The second kappa shape index (κ2) is 7.99. The van der Waals surface area contributed by atoms with Crippen molar-refractivity contribution >= 4 is 29.7 Å².